The van der Waals surface area contributed by atoms with E-state index in [1.54, 1.807) is 0 Å². The highest BCUT2D eigenvalue weighted by atomic mass is 16.5. The average Bonchev–Trinajstić information content (AvgIpc) is 3.66. The van der Waals surface area contributed by atoms with Crippen LogP contribution in [0.3, 0.4) is 0 Å². The second-order valence-electron chi connectivity index (χ2n) is 11.1. The van der Waals surface area contributed by atoms with Gasteiger partial charge in [-0.05, 0) is 35.4 Å². The highest BCUT2D eigenvalue weighted by Crippen LogP contribution is 2.43. The van der Waals surface area contributed by atoms with Crippen molar-refractivity contribution in [1.29, 1.82) is 0 Å². The summed E-state index contributed by atoms with van der Waals surface area (Å²) in [6, 6.07) is 41.0. The van der Waals surface area contributed by atoms with Crippen molar-refractivity contribution >= 4 is 27.5 Å². The van der Waals surface area contributed by atoms with Crippen molar-refractivity contribution in [3.05, 3.63) is 151 Å². The van der Waals surface area contributed by atoms with Crippen molar-refractivity contribution in [2.75, 3.05) is 0 Å². The zero-order valence-electron chi connectivity index (χ0n) is 23.6. The summed E-state index contributed by atoms with van der Waals surface area (Å²) in [7, 11) is 0. The molecule has 2 aromatic heterocycles. The Labute approximate surface area is 253 Å². The highest BCUT2D eigenvalue weighted by molar-refractivity contribution is 6.13. The molecule has 1 aliphatic heterocycles. The predicted octanol–water partition coefficient (Wildman–Crippen LogP) is 9.27. The molecule has 0 radical (unpaired) electrons. The summed E-state index contributed by atoms with van der Waals surface area (Å²) in [6.45, 7) is 0. The van der Waals surface area contributed by atoms with Crippen molar-refractivity contribution in [3.63, 3.8) is 0 Å². The van der Waals surface area contributed by atoms with Crippen molar-refractivity contribution < 1.29 is 9.15 Å². The van der Waals surface area contributed by atoms with Crippen LogP contribution in [-0.2, 0) is 0 Å². The van der Waals surface area contributed by atoms with Gasteiger partial charge in [-0.15, -0.1) is 0 Å². The fraction of sp³-hybridized carbons (Fsp3) is 0.0513. The number of para-hydroxylation sites is 2. The molecule has 208 valence electrons. The number of allylic oxidation sites excluding steroid dienone is 2. The second kappa shape index (κ2) is 9.89. The van der Waals surface area contributed by atoms with Crippen LogP contribution < -0.4 is 4.74 Å². The number of fused-ring (bicyclic) bond motifs is 6. The Balaban J connectivity index is 1.22. The molecule has 5 nitrogen and oxygen atoms in total. The van der Waals surface area contributed by atoms with Crippen molar-refractivity contribution in [3.8, 4) is 39.7 Å². The van der Waals surface area contributed by atoms with E-state index in [0.717, 1.165) is 55.5 Å². The third kappa shape index (κ3) is 3.97. The highest BCUT2D eigenvalue weighted by Gasteiger charge is 2.33. The first kappa shape index (κ1) is 24.8. The van der Waals surface area contributed by atoms with E-state index >= 15 is 0 Å². The first-order chi connectivity index (χ1) is 21.8. The fourth-order valence-electron chi connectivity index (χ4n) is 6.45. The van der Waals surface area contributed by atoms with Gasteiger partial charge < -0.3 is 9.15 Å². The lowest BCUT2D eigenvalue weighted by atomic mass is 9.89. The van der Waals surface area contributed by atoms with Gasteiger partial charge in [-0.2, -0.15) is 0 Å². The van der Waals surface area contributed by atoms with Gasteiger partial charge in [-0.3, -0.25) is 0 Å². The number of benzene rings is 5. The molecule has 0 amide bonds. The van der Waals surface area contributed by atoms with E-state index in [2.05, 4.69) is 60.7 Å². The Bertz CT molecular complexity index is 2280. The van der Waals surface area contributed by atoms with Crippen molar-refractivity contribution in [2.24, 2.45) is 0 Å². The fourth-order valence-corrected chi connectivity index (χ4v) is 6.45. The lowest BCUT2D eigenvalue weighted by Crippen LogP contribution is -2.18. The van der Waals surface area contributed by atoms with Crippen molar-refractivity contribution in [1.82, 2.24) is 15.0 Å². The van der Waals surface area contributed by atoms with Crippen molar-refractivity contribution in [2.45, 2.75) is 12.0 Å². The largest absolute Gasteiger partial charge is 0.485 e. The number of ether oxygens (including phenoxy) is 1. The Kier molecular flexibility index (Phi) is 5.56. The molecule has 5 heteroatoms. The van der Waals surface area contributed by atoms with Gasteiger partial charge in [0, 0.05) is 39.0 Å². The molecule has 1 aliphatic carbocycles. The maximum Gasteiger partial charge on any atom is 0.164 e. The van der Waals surface area contributed by atoms with E-state index in [0.29, 0.717) is 17.5 Å². The van der Waals surface area contributed by atoms with E-state index in [4.69, 9.17) is 24.1 Å². The van der Waals surface area contributed by atoms with E-state index in [9.17, 15) is 0 Å². The first-order valence-electron chi connectivity index (χ1n) is 14.8. The Morgan fingerprint density at radius 2 is 1.25 bits per heavy atom. The Morgan fingerprint density at radius 3 is 2.18 bits per heavy atom. The maximum absolute atomic E-state index is 6.33. The molecule has 0 N–H and O–H groups in total. The van der Waals surface area contributed by atoms with Gasteiger partial charge in [0.05, 0.1) is 0 Å². The second-order valence-corrected chi connectivity index (χ2v) is 11.1. The normalized spacial score (nSPS) is 16.9. The summed E-state index contributed by atoms with van der Waals surface area (Å²) in [4.78, 5) is 15.2. The standard InChI is InChI=1S/C39H25N3O2/c1-2-11-24(12-3-1)37-40-38(25-21-22-28-27-14-6-8-18-32(27)44-35(28)23-25)42-39(41-37)30-15-5-4-13-26(30)29-17-10-20-34-36(29)31-16-7-9-19-33(31)43-34/h1-23,28,35H. The number of aromatic nitrogens is 3. The van der Waals surface area contributed by atoms with Gasteiger partial charge in [-0.1, -0.05) is 115 Å². The van der Waals surface area contributed by atoms with E-state index in [-0.39, 0.29) is 12.0 Å². The summed E-state index contributed by atoms with van der Waals surface area (Å²) in [6.07, 6.45) is 6.36. The number of hydrogen-bond acceptors (Lipinski definition) is 5. The van der Waals surface area contributed by atoms with Crippen LogP contribution in [0.25, 0.3) is 61.4 Å². The van der Waals surface area contributed by atoms with Crippen LogP contribution in [0.4, 0.5) is 0 Å². The first-order valence-corrected chi connectivity index (χ1v) is 14.8. The summed E-state index contributed by atoms with van der Waals surface area (Å²) in [5.74, 6) is 2.96. The van der Waals surface area contributed by atoms with Gasteiger partial charge in [0.2, 0.25) is 0 Å². The summed E-state index contributed by atoms with van der Waals surface area (Å²) in [5.41, 5.74) is 7.80. The number of rotatable bonds is 4. The lowest BCUT2D eigenvalue weighted by molar-refractivity contribution is 0.269. The van der Waals surface area contributed by atoms with Crippen LogP contribution in [-0.4, -0.2) is 21.1 Å². The Morgan fingerprint density at radius 1 is 0.545 bits per heavy atom. The summed E-state index contributed by atoms with van der Waals surface area (Å²) < 4.78 is 12.6. The molecule has 2 aliphatic rings. The molecule has 44 heavy (non-hydrogen) atoms. The number of furan rings is 1. The SMILES string of the molecule is C1=CC2c3ccccc3OC2C=C1c1nc(-c2ccccc2)nc(-c2ccccc2-c2cccc3oc4ccccc4c23)n1. The maximum atomic E-state index is 6.33. The molecular weight excluding hydrogens is 542 g/mol. The molecule has 0 fully saturated rings. The molecular formula is C39H25N3O2. The van der Waals surface area contributed by atoms with Crippen LogP contribution in [0.15, 0.2) is 144 Å². The monoisotopic (exact) mass is 567 g/mol. The van der Waals surface area contributed by atoms with Crippen LogP contribution in [0, 0.1) is 0 Å². The van der Waals surface area contributed by atoms with Crippen LogP contribution in [0.5, 0.6) is 5.75 Å². The molecule has 2 unspecified atom stereocenters. The molecule has 9 rings (SSSR count). The molecule has 0 saturated heterocycles. The van der Waals surface area contributed by atoms with Gasteiger partial charge in [0.25, 0.3) is 0 Å². The average molecular weight is 568 g/mol. The molecule has 3 heterocycles. The number of nitrogens with zero attached hydrogens (tertiary/aromatic N) is 3. The van der Waals surface area contributed by atoms with E-state index < -0.39 is 0 Å². The predicted molar refractivity (Wildman–Crippen MR) is 174 cm³/mol. The van der Waals surface area contributed by atoms with Crippen LogP contribution >= 0.6 is 0 Å². The lowest BCUT2D eigenvalue weighted by Gasteiger charge is -2.19. The van der Waals surface area contributed by atoms with Gasteiger partial charge in [0.1, 0.15) is 23.0 Å². The summed E-state index contributed by atoms with van der Waals surface area (Å²) in [5, 5.41) is 2.16. The minimum absolute atomic E-state index is 0.105. The van der Waals surface area contributed by atoms with Gasteiger partial charge in [0.15, 0.2) is 17.5 Å². The number of hydrogen-bond donors (Lipinski definition) is 0. The van der Waals surface area contributed by atoms with Crippen LogP contribution in [0.1, 0.15) is 17.3 Å². The Hall–Kier alpha value is -5.81. The van der Waals surface area contributed by atoms with Crippen LogP contribution in [0.2, 0.25) is 0 Å². The molecule has 0 spiro atoms. The third-order valence-corrected chi connectivity index (χ3v) is 8.51. The third-order valence-electron chi connectivity index (χ3n) is 8.51. The smallest absolute Gasteiger partial charge is 0.164 e. The molecule has 2 atom stereocenters. The molecule has 7 aromatic rings. The molecule has 0 bridgehead atoms. The summed E-state index contributed by atoms with van der Waals surface area (Å²) >= 11 is 0. The van der Waals surface area contributed by atoms with E-state index in [1.165, 1.54) is 5.56 Å². The van der Waals surface area contributed by atoms with Gasteiger partial charge >= 0.3 is 0 Å². The molecule has 0 saturated carbocycles. The van der Waals surface area contributed by atoms with Gasteiger partial charge in [-0.25, -0.2) is 15.0 Å². The van der Waals surface area contributed by atoms with E-state index in [1.807, 2.05) is 78.9 Å². The minimum Gasteiger partial charge on any atom is -0.485 e. The topological polar surface area (TPSA) is 61.0 Å². The zero-order chi connectivity index (χ0) is 29.0. The molecule has 5 aromatic carbocycles. The zero-order valence-corrected chi connectivity index (χ0v) is 23.6. The quantitative estimate of drug-likeness (QED) is 0.212. The minimum atomic E-state index is -0.105.